The van der Waals surface area contributed by atoms with Crippen LogP contribution in [0.5, 0.6) is 0 Å². The molecule has 9 heteroatoms. The van der Waals surface area contributed by atoms with Gasteiger partial charge in [0.15, 0.2) is 0 Å². The van der Waals surface area contributed by atoms with Crippen molar-refractivity contribution < 1.29 is 27.9 Å². The fourth-order valence-corrected chi connectivity index (χ4v) is 6.63. The average Bonchev–Trinajstić information content (AvgIpc) is 3.32. The number of unbranched alkanes of at least 4 members (excludes halogenated alkanes) is 2. The molecule has 3 aromatic rings. The molecule has 1 fully saturated rings. The number of carbonyl (C=O) groups is 2. The van der Waals surface area contributed by atoms with Crippen molar-refractivity contribution in [3.8, 4) is 11.1 Å². The summed E-state index contributed by atoms with van der Waals surface area (Å²) in [5.74, 6) is -0.951. The number of alkyl halides is 3. The molecule has 0 heterocycles. The van der Waals surface area contributed by atoms with E-state index < -0.39 is 24.0 Å². The third-order valence-corrected chi connectivity index (χ3v) is 8.83. The molecule has 6 nitrogen and oxygen atoms in total. The van der Waals surface area contributed by atoms with Crippen LogP contribution in [-0.2, 0) is 10.2 Å². The Bertz CT molecular complexity index is 1440. The number of hydrogen-bond acceptors (Lipinski definition) is 4. The molecule has 0 aromatic heterocycles. The molecule has 5 rings (SSSR count). The number of nitrogens with zero attached hydrogens (tertiary/aromatic N) is 1. The van der Waals surface area contributed by atoms with Gasteiger partial charge in [0, 0.05) is 29.5 Å². The number of hydrogen-bond donors (Lipinski definition) is 2. The lowest BCUT2D eigenvalue weighted by Gasteiger charge is -2.37. The Morgan fingerprint density at radius 3 is 2.02 bits per heavy atom. The van der Waals surface area contributed by atoms with Crippen molar-refractivity contribution in [1.82, 2.24) is 10.6 Å². The number of rotatable bonds is 11. The highest BCUT2D eigenvalue weighted by Crippen LogP contribution is 2.51. The van der Waals surface area contributed by atoms with E-state index in [4.69, 9.17) is 0 Å². The molecule has 3 aromatic carbocycles. The van der Waals surface area contributed by atoms with Crippen LogP contribution in [0.4, 0.5) is 13.2 Å². The third-order valence-electron chi connectivity index (χ3n) is 8.83. The number of fused-ring (bicyclic) bond motifs is 3. The van der Waals surface area contributed by atoms with Gasteiger partial charge in [-0.3, -0.25) is 14.6 Å². The van der Waals surface area contributed by atoms with Crippen LogP contribution >= 0.6 is 0 Å². The van der Waals surface area contributed by atoms with Crippen molar-refractivity contribution in [2.45, 2.75) is 69.0 Å². The van der Waals surface area contributed by atoms with E-state index in [1.165, 1.54) is 0 Å². The molecule has 0 radical (unpaired) electrons. The lowest BCUT2D eigenvalue weighted by Crippen LogP contribution is -2.44. The number of amides is 2. The van der Waals surface area contributed by atoms with E-state index >= 15 is 0 Å². The zero-order valence-electron chi connectivity index (χ0n) is 24.5. The molecule has 44 heavy (non-hydrogen) atoms. The lowest BCUT2D eigenvalue weighted by molar-refractivity contribution is -0.226. The zero-order valence-corrected chi connectivity index (χ0v) is 24.5. The minimum absolute atomic E-state index is 0.00841. The van der Waals surface area contributed by atoms with Gasteiger partial charge in [0.2, 0.25) is 5.91 Å². The summed E-state index contributed by atoms with van der Waals surface area (Å²) >= 11 is 0. The van der Waals surface area contributed by atoms with Crippen molar-refractivity contribution >= 4 is 17.7 Å². The number of carbonyl (C=O) groups excluding carboxylic acids is 2. The van der Waals surface area contributed by atoms with Gasteiger partial charge in [-0.15, -0.1) is 0 Å². The minimum atomic E-state index is -4.57. The fourth-order valence-electron chi connectivity index (χ4n) is 6.63. The topological polar surface area (TPSA) is 93.6 Å². The second kappa shape index (κ2) is 13.7. The van der Waals surface area contributed by atoms with Crippen LogP contribution in [0.2, 0.25) is 0 Å². The van der Waals surface area contributed by atoms with Gasteiger partial charge >= 0.3 is 6.18 Å². The van der Waals surface area contributed by atoms with Crippen molar-refractivity contribution in [3.05, 3.63) is 95.6 Å². The van der Waals surface area contributed by atoms with E-state index in [1.807, 2.05) is 54.6 Å². The van der Waals surface area contributed by atoms with Crippen LogP contribution in [-0.4, -0.2) is 43.0 Å². The largest absolute Gasteiger partial charge is 0.861 e. The molecule has 232 valence electrons. The van der Waals surface area contributed by atoms with Gasteiger partial charge < -0.3 is 15.7 Å². The van der Waals surface area contributed by atoms with Gasteiger partial charge in [-0.05, 0) is 78.8 Å². The van der Waals surface area contributed by atoms with E-state index in [0.29, 0.717) is 61.8 Å². The van der Waals surface area contributed by atoms with Gasteiger partial charge in [0.25, 0.3) is 5.91 Å². The summed E-state index contributed by atoms with van der Waals surface area (Å²) < 4.78 is 39.1. The highest BCUT2D eigenvalue weighted by molar-refractivity contribution is 5.98. The molecule has 2 aliphatic carbocycles. The zero-order chi connectivity index (χ0) is 31.2. The van der Waals surface area contributed by atoms with Gasteiger partial charge in [0.05, 0.1) is 0 Å². The number of nitrogens with one attached hydrogen (secondary N) is 2. The van der Waals surface area contributed by atoms with Gasteiger partial charge in [0.1, 0.15) is 6.54 Å². The highest BCUT2D eigenvalue weighted by atomic mass is 19.4. The predicted molar refractivity (Wildman–Crippen MR) is 162 cm³/mol. The first-order chi connectivity index (χ1) is 21.2. The Kier molecular flexibility index (Phi) is 9.71. The Labute approximate surface area is 255 Å². The molecule has 0 spiro atoms. The summed E-state index contributed by atoms with van der Waals surface area (Å²) in [6.07, 6.45) is 0.615. The average molecular weight is 605 g/mol. The van der Waals surface area contributed by atoms with Crippen molar-refractivity contribution in [2.75, 3.05) is 13.1 Å². The second-order valence-corrected chi connectivity index (χ2v) is 11.7. The molecule has 2 amide bonds. The first-order valence-electron chi connectivity index (χ1n) is 15.3. The monoisotopic (exact) mass is 604 g/mol. The summed E-state index contributed by atoms with van der Waals surface area (Å²) in [4.78, 5) is 28.8. The van der Waals surface area contributed by atoms with Gasteiger partial charge in [-0.2, -0.15) is 13.2 Å². The molecule has 0 unspecified atom stereocenters. The molecule has 2 N–H and O–H groups in total. The maximum absolute atomic E-state index is 13.5. The number of benzene rings is 3. The first kappa shape index (κ1) is 31.3. The van der Waals surface area contributed by atoms with E-state index in [9.17, 15) is 27.9 Å². The standard InChI is InChI=1S/C35H38F3N3O3/c36-35(37,38)23-40-33(44)34(29-15-7-5-13-27(29)28-14-6-8-16-30(28)34)21-9-2-10-22-39-31(42)25-17-19-26(20-18-25)41-32(43)24-11-3-1-4-12-24/h1,3-8,11-16,25-26H,2,9-10,17-23H2,(H,39,42)(H,40,44)(H,41,43)/p-1. The van der Waals surface area contributed by atoms with Crippen LogP contribution in [0.15, 0.2) is 83.9 Å². The quantitative estimate of drug-likeness (QED) is 0.161. The molecular weight excluding hydrogens is 567 g/mol. The molecule has 1 saturated carbocycles. The van der Waals surface area contributed by atoms with Gasteiger partial charge in [-0.25, -0.2) is 0 Å². The van der Waals surface area contributed by atoms with Crippen LogP contribution in [0.3, 0.4) is 0 Å². The fraction of sp³-hybridized carbons (Fsp3) is 0.400. The van der Waals surface area contributed by atoms with Crippen molar-refractivity contribution in [2.24, 2.45) is 10.9 Å². The molecule has 0 saturated heterocycles. The Morgan fingerprint density at radius 1 is 0.818 bits per heavy atom. The summed E-state index contributed by atoms with van der Waals surface area (Å²) in [6.45, 7) is -1.03. The molecular formula is C35H37F3N3O3-. The summed E-state index contributed by atoms with van der Waals surface area (Å²) in [6, 6.07) is 23.9. The van der Waals surface area contributed by atoms with Crippen LogP contribution in [0.1, 0.15) is 72.9 Å². The van der Waals surface area contributed by atoms with E-state index in [0.717, 1.165) is 24.0 Å². The smallest absolute Gasteiger partial charge is 0.407 e. The Morgan fingerprint density at radius 2 is 1.41 bits per heavy atom. The maximum atomic E-state index is 13.5. The van der Waals surface area contributed by atoms with Crippen LogP contribution < -0.4 is 15.7 Å². The van der Waals surface area contributed by atoms with E-state index in [1.54, 1.807) is 24.3 Å². The predicted octanol–water partition coefficient (Wildman–Crippen LogP) is 5.94. The maximum Gasteiger partial charge on any atom is 0.407 e. The Balaban J connectivity index is 1.13. The number of aliphatic imine (C=N–C) groups is 1. The normalized spacial score (nSPS) is 19.1. The first-order valence-corrected chi connectivity index (χ1v) is 15.3. The molecule has 0 bridgehead atoms. The summed E-state index contributed by atoms with van der Waals surface area (Å²) in [5.41, 5.74) is 2.44. The minimum Gasteiger partial charge on any atom is -0.861 e. The lowest BCUT2D eigenvalue weighted by atomic mass is 9.73. The van der Waals surface area contributed by atoms with E-state index in [-0.39, 0.29) is 23.8 Å². The molecule has 0 atom stereocenters. The van der Waals surface area contributed by atoms with E-state index in [2.05, 4.69) is 15.6 Å². The van der Waals surface area contributed by atoms with Gasteiger partial charge in [-0.1, -0.05) is 79.6 Å². The second-order valence-electron chi connectivity index (χ2n) is 11.7. The van der Waals surface area contributed by atoms with Crippen LogP contribution in [0, 0.1) is 5.92 Å². The summed E-state index contributed by atoms with van der Waals surface area (Å²) in [5, 5.41) is 19.6. The third kappa shape index (κ3) is 6.98. The summed E-state index contributed by atoms with van der Waals surface area (Å²) in [7, 11) is 0. The molecule has 2 aliphatic rings. The SMILES string of the molecule is O=C(NC1CCC(C(=O)NCCCCCC2(C([O-])=NCC(F)(F)F)c3ccccc3-c3ccccc32)CC1)c1ccccc1. The molecule has 0 aliphatic heterocycles. The highest BCUT2D eigenvalue weighted by Gasteiger charge is 2.43. The number of halogens is 3. The Hall–Kier alpha value is -4.14. The van der Waals surface area contributed by atoms with Crippen molar-refractivity contribution in [3.63, 3.8) is 0 Å². The van der Waals surface area contributed by atoms with Crippen LogP contribution in [0.25, 0.3) is 11.1 Å². The van der Waals surface area contributed by atoms with Crippen molar-refractivity contribution in [1.29, 1.82) is 0 Å².